The summed E-state index contributed by atoms with van der Waals surface area (Å²) >= 11 is 0. The van der Waals surface area contributed by atoms with Crippen molar-refractivity contribution in [3.63, 3.8) is 0 Å². The lowest BCUT2D eigenvalue weighted by molar-refractivity contribution is -0.150. The molecule has 4 heteroatoms. The van der Waals surface area contributed by atoms with Crippen molar-refractivity contribution < 1.29 is 14.7 Å². The third-order valence-corrected chi connectivity index (χ3v) is 3.28. The number of carboxylic acid groups (broad SMARTS) is 1. The van der Waals surface area contributed by atoms with Gasteiger partial charge in [0.15, 0.2) is 0 Å². The molecule has 4 nitrogen and oxygen atoms in total. The van der Waals surface area contributed by atoms with Crippen LogP contribution in [0.5, 0.6) is 0 Å². The zero-order chi connectivity index (χ0) is 12.3. The molecule has 1 amide bonds. The highest BCUT2D eigenvalue weighted by molar-refractivity contribution is 5.96. The van der Waals surface area contributed by atoms with Crippen molar-refractivity contribution in [2.24, 2.45) is 17.8 Å². The van der Waals surface area contributed by atoms with E-state index in [0.29, 0.717) is 24.9 Å². The van der Waals surface area contributed by atoms with E-state index in [1.807, 2.05) is 0 Å². The van der Waals surface area contributed by atoms with Crippen molar-refractivity contribution in [3.05, 3.63) is 0 Å². The Labute approximate surface area is 96.6 Å². The molecule has 0 aromatic carbocycles. The molecule has 92 valence electrons. The molecule has 0 aliphatic carbocycles. The molecule has 0 radical (unpaired) electrons. The van der Waals surface area contributed by atoms with Gasteiger partial charge in [0.1, 0.15) is 5.92 Å². The molecule has 1 N–H and O–H groups in total. The van der Waals surface area contributed by atoms with Gasteiger partial charge in [0, 0.05) is 13.1 Å². The van der Waals surface area contributed by atoms with Crippen LogP contribution in [0.4, 0.5) is 0 Å². The van der Waals surface area contributed by atoms with Gasteiger partial charge in [0.05, 0.1) is 0 Å². The van der Waals surface area contributed by atoms with E-state index in [0.717, 1.165) is 12.8 Å². The smallest absolute Gasteiger partial charge is 0.315 e. The van der Waals surface area contributed by atoms with Gasteiger partial charge in [-0.05, 0) is 31.6 Å². The molecule has 1 saturated heterocycles. The number of carbonyl (C=O) groups excluding carboxylic acids is 1. The number of carboxylic acids is 1. The summed E-state index contributed by atoms with van der Waals surface area (Å²) in [4.78, 5) is 24.4. The molecule has 1 fully saturated rings. The summed E-state index contributed by atoms with van der Waals surface area (Å²) in [6.45, 7) is 7.16. The normalized spacial score (nSPS) is 28.3. The molecule has 0 saturated carbocycles. The lowest BCUT2D eigenvalue weighted by Crippen LogP contribution is -2.40. The summed E-state index contributed by atoms with van der Waals surface area (Å²) < 4.78 is 0. The third-order valence-electron chi connectivity index (χ3n) is 3.28. The number of likely N-dealkylation sites (tertiary alicyclic amines) is 1. The number of amides is 1. The van der Waals surface area contributed by atoms with Crippen molar-refractivity contribution >= 4 is 11.9 Å². The summed E-state index contributed by atoms with van der Waals surface area (Å²) in [6.07, 6.45) is 2.09. The molecule has 1 aliphatic rings. The molecule has 1 rings (SSSR count). The zero-order valence-electron chi connectivity index (χ0n) is 10.3. The number of aliphatic carboxylic acids is 1. The van der Waals surface area contributed by atoms with Gasteiger partial charge in [-0.15, -0.1) is 0 Å². The molecular weight excluding hydrogens is 206 g/mol. The van der Waals surface area contributed by atoms with Crippen molar-refractivity contribution in [1.82, 2.24) is 4.90 Å². The second kappa shape index (κ2) is 5.32. The van der Waals surface area contributed by atoms with E-state index >= 15 is 0 Å². The van der Waals surface area contributed by atoms with Gasteiger partial charge in [-0.1, -0.05) is 13.8 Å². The number of rotatable bonds is 2. The highest BCUT2D eigenvalue weighted by atomic mass is 16.4. The van der Waals surface area contributed by atoms with Crippen LogP contribution >= 0.6 is 0 Å². The topological polar surface area (TPSA) is 57.6 Å². The van der Waals surface area contributed by atoms with Crippen LogP contribution in [0, 0.1) is 17.8 Å². The van der Waals surface area contributed by atoms with E-state index in [9.17, 15) is 9.59 Å². The molecule has 0 spiro atoms. The fourth-order valence-electron chi connectivity index (χ4n) is 2.30. The lowest BCUT2D eigenvalue weighted by atomic mass is 9.97. The predicted octanol–water partition coefficient (Wildman–Crippen LogP) is 1.60. The quantitative estimate of drug-likeness (QED) is 0.729. The average molecular weight is 227 g/mol. The average Bonchev–Trinajstić information content (AvgIpc) is 2.37. The first kappa shape index (κ1) is 13.0. The number of nitrogens with zero attached hydrogens (tertiary/aromatic N) is 1. The second-order valence-electron chi connectivity index (χ2n) is 5.08. The molecule has 1 heterocycles. The van der Waals surface area contributed by atoms with Crippen molar-refractivity contribution in [3.8, 4) is 0 Å². The molecule has 1 aliphatic heterocycles. The Bertz CT molecular complexity index is 277. The first-order chi connectivity index (χ1) is 7.41. The Balaban J connectivity index is 2.65. The maximum atomic E-state index is 11.9. The van der Waals surface area contributed by atoms with E-state index in [1.54, 1.807) is 4.90 Å². The molecular formula is C12H21NO3. The highest BCUT2D eigenvalue weighted by Gasteiger charge is 2.29. The van der Waals surface area contributed by atoms with Crippen molar-refractivity contribution in [2.45, 2.75) is 33.6 Å². The fourth-order valence-corrected chi connectivity index (χ4v) is 2.30. The molecule has 0 bridgehead atoms. The minimum Gasteiger partial charge on any atom is -0.481 e. The predicted molar refractivity (Wildman–Crippen MR) is 60.9 cm³/mol. The number of hydrogen-bond donors (Lipinski definition) is 1. The third kappa shape index (κ3) is 3.22. The molecule has 16 heavy (non-hydrogen) atoms. The fraction of sp³-hybridized carbons (Fsp3) is 0.833. The van der Waals surface area contributed by atoms with Crippen molar-refractivity contribution in [1.29, 1.82) is 0 Å². The lowest BCUT2D eigenvalue weighted by Gasteiger charge is -2.24. The maximum absolute atomic E-state index is 11.9. The Morgan fingerprint density at radius 3 is 2.50 bits per heavy atom. The van der Waals surface area contributed by atoms with Gasteiger partial charge in [-0.3, -0.25) is 9.59 Å². The second-order valence-corrected chi connectivity index (χ2v) is 5.08. The van der Waals surface area contributed by atoms with Gasteiger partial charge >= 0.3 is 5.97 Å². The Morgan fingerprint density at radius 2 is 1.94 bits per heavy atom. The maximum Gasteiger partial charge on any atom is 0.315 e. The zero-order valence-corrected chi connectivity index (χ0v) is 10.3. The van der Waals surface area contributed by atoms with E-state index in [1.165, 1.54) is 6.92 Å². The summed E-state index contributed by atoms with van der Waals surface area (Å²) in [6, 6.07) is 0. The van der Waals surface area contributed by atoms with Gasteiger partial charge in [0.25, 0.3) is 0 Å². The number of hydrogen-bond acceptors (Lipinski definition) is 2. The van der Waals surface area contributed by atoms with E-state index in [2.05, 4.69) is 13.8 Å². The Morgan fingerprint density at radius 1 is 1.31 bits per heavy atom. The van der Waals surface area contributed by atoms with Crippen LogP contribution < -0.4 is 0 Å². The standard InChI is InChI=1S/C12H21NO3/c1-8-4-5-13(7-9(2)6-8)11(14)10(3)12(15)16/h8-10H,4-7H2,1-3H3,(H,15,16). The molecule has 3 unspecified atom stereocenters. The van der Waals surface area contributed by atoms with Crippen LogP contribution in [-0.2, 0) is 9.59 Å². The van der Waals surface area contributed by atoms with Gasteiger partial charge in [-0.25, -0.2) is 0 Å². The van der Waals surface area contributed by atoms with E-state index in [4.69, 9.17) is 5.11 Å². The van der Waals surface area contributed by atoms with Crippen LogP contribution in [0.15, 0.2) is 0 Å². The SMILES string of the molecule is CC1CCN(C(=O)C(C)C(=O)O)CC(C)C1. The van der Waals surface area contributed by atoms with E-state index in [-0.39, 0.29) is 5.91 Å². The van der Waals surface area contributed by atoms with Gasteiger partial charge in [-0.2, -0.15) is 0 Å². The minimum atomic E-state index is -1.03. The van der Waals surface area contributed by atoms with Crippen LogP contribution in [0.3, 0.4) is 0 Å². The summed E-state index contributed by atoms with van der Waals surface area (Å²) in [5.74, 6) is -1.11. The summed E-state index contributed by atoms with van der Waals surface area (Å²) in [5, 5.41) is 8.82. The Kier molecular flexibility index (Phi) is 4.33. The first-order valence-corrected chi connectivity index (χ1v) is 5.93. The monoisotopic (exact) mass is 227 g/mol. The van der Waals surface area contributed by atoms with E-state index < -0.39 is 11.9 Å². The van der Waals surface area contributed by atoms with Crippen LogP contribution in [0.25, 0.3) is 0 Å². The summed E-state index contributed by atoms with van der Waals surface area (Å²) in [7, 11) is 0. The van der Waals surface area contributed by atoms with Crippen LogP contribution in [-0.4, -0.2) is 35.0 Å². The molecule has 3 atom stereocenters. The largest absolute Gasteiger partial charge is 0.481 e. The minimum absolute atomic E-state index is 0.242. The van der Waals surface area contributed by atoms with Gasteiger partial charge < -0.3 is 10.0 Å². The number of carbonyl (C=O) groups is 2. The van der Waals surface area contributed by atoms with Crippen LogP contribution in [0.1, 0.15) is 33.6 Å². The summed E-state index contributed by atoms with van der Waals surface area (Å²) in [5.41, 5.74) is 0. The molecule has 0 aromatic heterocycles. The van der Waals surface area contributed by atoms with Crippen LogP contribution in [0.2, 0.25) is 0 Å². The first-order valence-electron chi connectivity index (χ1n) is 5.93. The Hall–Kier alpha value is -1.06. The highest BCUT2D eigenvalue weighted by Crippen LogP contribution is 2.22. The molecule has 0 aromatic rings. The van der Waals surface area contributed by atoms with Crippen molar-refractivity contribution in [2.75, 3.05) is 13.1 Å². The van der Waals surface area contributed by atoms with Gasteiger partial charge in [0.2, 0.25) is 5.91 Å².